The van der Waals surface area contributed by atoms with Gasteiger partial charge in [0.2, 0.25) is 0 Å². The van der Waals surface area contributed by atoms with Gasteiger partial charge in [-0.2, -0.15) is 0 Å². The number of rotatable bonds is 4. The summed E-state index contributed by atoms with van der Waals surface area (Å²) in [6.07, 6.45) is 2.56. The van der Waals surface area contributed by atoms with Crippen LogP contribution >= 0.6 is 0 Å². The second-order valence-corrected chi connectivity index (χ2v) is 5.45. The van der Waals surface area contributed by atoms with E-state index in [1.54, 1.807) is 0 Å². The molecule has 0 radical (unpaired) electrons. The summed E-state index contributed by atoms with van der Waals surface area (Å²) in [4.78, 5) is 2.61. The van der Waals surface area contributed by atoms with E-state index < -0.39 is 0 Å². The molecule has 0 bridgehead atoms. The van der Waals surface area contributed by atoms with Crippen LogP contribution in [0.4, 0.5) is 0 Å². The monoisotopic (exact) mass is 246 g/mol. The summed E-state index contributed by atoms with van der Waals surface area (Å²) in [5.74, 6) is 0. The fraction of sp³-hybridized carbons (Fsp3) is 0.625. The van der Waals surface area contributed by atoms with Crippen molar-refractivity contribution in [1.29, 1.82) is 0 Å². The highest BCUT2D eigenvalue weighted by atomic mass is 15.2. The lowest BCUT2D eigenvalue weighted by Gasteiger charge is -2.36. The minimum Gasteiger partial charge on any atom is -0.314 e. The van der Waals surface area contributed by atoms with Gasteiger partial charge in [-0.3, -0.25) is 4.90 Å². The van der Waals surface area contributed by atoms with Crippen molar-refractivity contribution in [3.8, 4) is 0 Å². The van der Waals surface area contributed by atoms with Crippen LogP contribution in [0.3, 0.4) is 0 Å². The van der Waals surface area contributed by atoms with E-state index in [0.717, 1.165) is 12.6 Å². The Labute approximate surface area is 111 Å². The van der Waals surface area contributed by atoms with Crippen molar-refractivity contribution in [3.05, 3.63) is 35.4 Å². The molecule has 100 valence electrons. The first-order valence-corrected chi connectivity index (χ1v) is 7.24. The van der Waals surface area contributed by atoms with Gasteiger partial charge in [0.15, 0.2) is 0 Å². The highest BCUT2D eigenvalue weighted by Crippen LogP contribution is 2.24. The van der Waals surface area contributed by atoms with Gasteiger partial charge in [0.25, 0.3) is 0 Å². The average molecular weight is 246 g/mol. The molecule has 2 heteroatoms. The minimum absolute atomic E-state index is 0.549. The topological polar surface area (TPSA) is 15.3 Å². The predicted molar refractivity (Wildman–Crippen MR) is 77.9 cm³/mol. The molecule has 2 rings (SSSR count). The number of piperidine rings is 1. The maximum atomic E-state index is 3.56. The van der Waals surface area contributed by atoms with Gasteiger partial charge >= 0.3 is 0 Å². The Morgan fingerprint density at radius 1 is 1.22 bits per heavy atom. The van der Waals surface area contributed by atoms with Gasteiger partial charge in [0, 0.05) is 25.2 Å². The summed E-state index contributed by atoms with van der Waals surface area (Å²) in [6.45, 7) is 10.2. The molecule has 0 spiro atoms. The van der Waals surface area contributed by atoms with Crippen molar-refractivity contribution < 1.29 is 0 Å². The molecule has 1 fully saturated rings. The molecule has 1 heterocycles. The van der Waals surface area contributed by atoms with Gasteiger partial charge in [-0.05, 0) is 38.8 Å². The van der Waals surface area contributed by atoms with Crippen molar-refractivity contribution in [1.82, 2.24) is 10.2 Å². The standard InChI is InChI=1S/C16H26N2/c1-4-17-16-9-11-18(12-10-16)14(3)15-7-5-13(2)6-8-15/h5-8,14,16-17H,4,9-12H2,1-3H3. The van der Waals surface area contributed by atoms with Crippen molar-refractivity contribution in [2.45, 2.75) is 45.7 Å². The van der Waals surface area contributed by atoms with E-state index in [9.17, 15) is 0 Å². The molecular weight excluding hydrogens is 220 g/mol. The third-order valence-electron chi connectivity index (χ3n) is 4.13. The van der Waals surface area contributed by atoms with Crippen LogP contribution in [-0.2, 0) is 0 Å². The molecule has 1 saturated heterocycles. The normalized spacial score (nSPS) is 19.9. The number of nitrogens with zero attached hydrogens (tertiary/aromatic N) is 1. The van der Waals surface area contributed by atoms with Crippen LogP contribution in [0.25, 0.3) is 0 Å². The van der Waals surface area contributed by atoms with Gasteiger partial charge in [-0.1, -0.05) is 36.8 Å². The fourth-order valence-electron chi connectivity index (χ4n) is 2.84. The Hall–Kier alpha value is -0.860. The molecule has 0 saturated carbocycles. The molecule has 18 heavy (non-hydrogen) atoms. The molecular formula is C16H26N2. The van der Waals surface area contributed by atoms with Crippen LogP contribution in [0.5, 0.6) is 0 Å². The number of hydrogen-bond acceptors (Lipinski definition) is 2. The van der Waals surface area contributed by atoms with Crippen LogP contribution in [-0.4, -0.2) is 30.6 Å². The van der Waals surface area contributed by atoms with Crippen molar-refractivity contribution in [3.63, 3.8) is 0 Å². The van der Waals surface area contributed by atoms with Crippen LogP contribution in [0.1, 0.15) is 43.9 Å². The van der Waals surface area contributed by atoms with E-state index in [-0.39, 0.29) is 0 Å². The van der Waals surface area contributed by atoms with Gasteiger partial charge in [0.1, 0.15) is 0 Å². The quantitative estimate of drug-likeness (QED) is 0.878. The Morgan fingerprint density at radius 3 is 2.39 bits per heavy atom. The lowest BCUT2D eigenvalue weighted by atomic mass is 9.99. The Kier molecular flexibility index (Phi) is 4.79. The number of nitrogens with one attached hydrogen (secondary N) is 1. The molecule has 1 aromatic carbocycles. The van der Waals surface area contributed by atoms with Crippen LogP contribution in [0, 0.1) is 6.92 Å². The first-order chi connectivity index (χ1) is 8.70. The highest BCUT2D eigenvalue weighted by molar-refractivity contribution is 5.23. The molecule has 1 aliphatic rings. The summed E-state index contributed by atoms with van der Waals surface area (Å²) in [6, 6.07) is 10.3. The van der Waals surface area contributed by atoms with Crippen molar-refractivity contribution in [2.75, 3.05) is 19.6 Å². The summed E-state index contributed by atoms with van der Waals surface area (Å²) in [5, 5.41) is 3.56. The van der Waals surface area contributed by atoms with Gasteiger partial charge in [-0.15, -0.1) is 0 Å². The molecule has 1 atom stereocenters. The van der Waals surface area contributed by atoms with E-state index >= 15 is 0 Å². The Balaban J connectivity index is 1.91. The van der Waals surface area contributed by atoms with Crippen LogP contribution in [0.15, 0.2) is 24.3 Å². The van der Waals surface area contributed by atoms with E-state index in [0.29, 0.717) is 6.04 Å². The second-order valence-electron chi connectivity index (χ2n) is 5.45. The highest BCUT2D eigenvalue weighted by Gasteiger charge is 2.22. The summed E-state index contributed by atoms with van der Waals surface area (Å²) in [7, 11) is 0. The maximum absolute atomic E-state index is 3.56. The van der Waals surface area contributed by atoms with Gasteiger partial charge < -0.3 is 5.32 Å². The second kappa shape index (κ2) is 6.35. The summed E-state index contributed by atoms with van der Waals surface area (Å²) < 4.78 is 0. The predicted octanol–water partition coefficient (Wildman–Crippen LogP) is 3.13. The molecule has 0 amide bonds. The Morgan fingerprint density at radius 2 is 1.83 bits per heavy atom. The first kappa shape index (κ1) is 13.6. The molecule has 0 aromatic heterocycles. The third kappa shape index (κ3) is 3.33. The van der Waals surface area contributed by atoms with Gasteiger partial charge in [-0.25, -0.2) is 0 Å². The molecule has 1 aliphatic heterocycles. The number of benzene rings is 1. The Bertz CT molecular complexity index is 350. The lowest BCUT2D eigenvalue weighted by Crippen LogP contribution is -2.43. The number of aryl methyl sites for hydroxylation is 1. The third-order valence-corrected chi connectivity index (χ3v) is 4.13. The molecule has 2 nitrogen and oxygen atoms in total. The fourth-order valence-corrected chi connectivity index (χ4v) is 2.84. The maximum Gasteiger partial charge on any atom is 0.0319 e. The SMILES string of the molecule is CCNC1CCN(C(C)c2ccc(C)cc2)CC1. The van der Waals surface area contributed by atoms with E-state index in [2.05, 4.69) is 55.3 Å². The lowest BCUT2D eigenvalue weighted by molar-refractivity contribution is 0.153. The zero-order valence-corrected chi connectivity index (χ0v) is 11.9. The van der Waals surface area contributed by atoms with Crippen molar-refractivity contribution in [2.24, 2.45) is 0 Å². The molecule has 1 N–H and O–H groups in total. The van der Waals surface area contributed by atoms with Crippen LogP contribution < -0.4 is 5.32 Å². The van der Waals surface area contributed by atoms with Crippen LogP contribution in [0.2, 0.25) is 0 Å². The largest absolute Gasteiger partial charge is 0.314 e. The van der Waals surface area contributed by atoms with Crippen molar-refractivity contribution >= 4 is 0 Å². The number of likely N-dealkylation sites (tertiary alicyclic amines) is 1. The summed E-state index contributed by atoms with van der Waals surface area (Å²) >= 11 is 0. The zero-order chi connectivity index (χ0) is 13.0. The molecule has 1 unspecified atom stereocenters. The minimum atomic E-state index is 0.549. The van der Waals surface area contributed by atoms with Gasteiger partial charge in [0.05, 0.1) is 0 Å². The number of hydrogen-bond donors (Lipinski definition) is 1. The van der Waals surface area contributed by atoms with E-state index in [1.165, 1.54) is 37.1 Å². The van der Waals surface area contributed by atoms with E-state index in [1.807, 2.05) is 0 Å². The average Bonchev–Trinajstić information content (AvgIpc) is 2.40. The molecule has 1 aromatic rings. The smallest absolute Gasteiger partial charge is 0.0319 e. The molecule has 0 aliphatic carbocycles. The first-order valence-electron chi connectivity index (χ1n) is 7.24. The zero-order valence-electron chi connectivity index (χ0n) is 11.9. The van der Waals surface area contributed by atoms with E-state index in [4.69, 9.17) is 0 Å². The summed E-state index contributed by atoms with van der Waals surface area (Å²) in [5.41, 5.74) is 2.79.